The van der Waals surface area contributed by atoms with Gasteiger partial charge in [-0.2, -0.15) is 5.11 Å². The Hall–Kier alpha value is -3.21. The van der Waals surface area contributed by atoms with Gasteiger partial charge in [0.25, 0.3) is 0 Å². The van der Waals surface area contributed by atoms with Gasteiger partial charge in [0, 0.05) is 16.8 Å². The van der Waals surface area contributed by atoms with Gasteiger partial charge in [0.15, 0.2) is 5.75 Å². The van der Waals surface area contributed by atoms with E-state index < -0.39 is 0 Å². The third kappa shape index (κ3) is 4.61. The van der Waals surface area contributed by atoms with Crippen molar-refractivity contribution in [2.45, 2.75) is 13.8 Å². The van der Waals surface area contributed by atoms with Crippen LogP contribution in [-0.4, -0.2) is 11.3 Å². The molecule has 0 aliphatic rings. The predicted octanol–water partition coefficient (Wildman–Crippen LogP) is 8.64. The minimum absolute atomic E-state index is 0.00545. The molecule has 0 atom stereocenters. The first-order chi connectivity index (χ1) is 14.9. The first kappa shape index (κ1) is 21.0. The van der Waals surface area contributed by atoms with Crippen LogP contribution in [0.15, 0.2) is 82.0 Å². The molecule has 0 aromatic heterocycles. The zero-order valence-electron chi connectivity index (χ0n) is 17.0. The van der Waals surface area contributed by atoms with E-state index in [0.717, 1.165) is 27.6 Å². The van der Waals surface area contributed by atoms with Gasteiger partial charge in [-0.25, -0.2) is 0 Å². The lowest BCUT2D eigenvalue weighted by Crippen LogP contribution is -1.87. The van der Waals surface area contributed by atoms with Crippen LogP contribution in [0, 0.1) is 13.8 Å². The highest BCUT2D eigenvalue weighted by molar-refractivity contribution is 6.35. The summed E-state index contributed by atoms with van der Waals surface area (Å²) < 4.78 is 0. The number of benzene rings is 4. The van der Waals surface area contributed by atoms with Crippen molar-refractivity contribution in [3.05, 3.63) is 93.5 Å². The Labute approximate surface area is 190 Å². The lowest BCUT2D eigenvalue weighted by atomic mass is 10.0. The van der Waals surface area contributed by atoms with Gasteiger partial charge < -0.3 is 5.11 Å². The third-order valence-electron chi connectivity index (χ3n) is 4.90. The average molecular weight is 448 g/mol. The molecule has 0 spiro atoms. The maximum absolute atomic E-state index is 11.0. The molecule has 0 aliphatic heterocycles. The second-order valence-corrected chi connectivity index (χ2v) is 8.07. The summed E-state index contributed by atoms with van der Waals surface area (Å²) in [6.07, 6.45) is 1.57. The number of aliphatic imine (C=N–C) groups is 1. The van der Waals surface area contributed by atoms with E-state index in [0.29, 0.717) is 27.0 Å². The molecular weight excluding hydrogens is 429 g/mol. The van der Waals surface area contributed by atoms with Gasteiger partial charge in [-0.1, -0.05) is 65.2 Å². The fraction of sp³-hybridized carbons (Fsp3) is 0.0800. The number of rotatable bonds is 4. The normalized spacial score (nSPS) is 11.7. The molecule has 4 aromatic rings. The number of nitrogens with zero attached hydrogens (tertiary/aromatic N) is 3. The number of hydrogen-bond donors (Lipinski definition) is 1. The van der Waals surface area contributed by atoms with Crippen molar-refractivity contribution in [1.82, 2.24) is 0 Å². The highest BCUT2D eigenvalue weighted by Crippen LogP contribution is 2.38. The molecule has 0 bridgehead atoms. The van der Waals surface area contributed by atoms with Crippen molar-refractivity contribution in [1.29, 1.82) is 0 Å². The molecule has 0 fully saturated rings. The Morgan fingerprint density at radius 2 is 1.58 bits per heavy atom. The second-order valence-electron chi connectivity index (χ2n) is 7.22. The van der Waals surface area contributed by atoms with Crippen LogP contribution in [0.1, 0.15) is 16.7 Å². The zero-order valence-corrected chi connectivity index (χ0v) is 18.5. The lowest BCUT2D eigenvalue weighted by molar-refractivity contribution is 0.476. The molecule has 4 aromatic carbocycles. The van der Waals surface area contributed by atoms with Crippen LogP contribution >= 0.6 is 23.2 Å². The molecule has 0 unspecified atom stereocenters. The molecule has 0 saturated carbocycles. The van der Waals surface area contributed by atoms with Crippen molar-refractivity contribution in [2.24, 2.45) is 15.2 Å². The third-order valence-corrected chi connectivity index (χ3v) is 5.45. The molecular formula is C25H19Cl2N3O. The average Bonchev–Trinajstić information content (AvgIpc) is 2.75. The van der Waals surface area contributed by atoms with Crippen molar-refractivity contribution in [2.75, 3.05) is 0 Å². The van der Waals surface area contributed by atoms with E-state index in [1.165, 1.54) is 0 Å². The SMILES string of the molecule is Cc1ccc(N=Nc2cc3ccccc3c(C=Nc3cc(Cl)ccc3Cl)c2O)c(C)c1. The first-order valence-electron chi connectivity index (χ1n) is 9.65. The Morgan fingerprint density at radius 1 is 0.806 bits per heavy atom. The summed E-state index contributed by atoms with van der Waals surface area (Å²) in [5.41, 5.74) is 4.32. The smallest absolute Gasteiger partial charge is 0.152 e. The van der Waals surface area contributed by atoms with Crippen LogP contribution in [0.5, 0.6) is 5.75 Å². The van der Waals surface area contributed by atoms with Crippen LogP contribution in [-0.2, 0) is 0 Å². The number of phenols is 1. The standard InChI is InChI=1S/C25H19Cl2N3O/c1-15-7-10-22(16(2)11-15)29-30-24-12-17-5-3-4-6-19(17)20(25(24)31)14-28-23-13-18(26)8-9-21(23)27/h3-14,31H,1-2H3. The molecule has 0 amide bonds. The number of fused-ring (bicyclic) bond motifs is 1. The summed E-state index contributed by atoms with van der Waals surface area (Å²) in [7, 11) is 0. The monoisotopic (exact) mass is 447 g/mol. The molecule has 4 rings (SSSR count). The number of azo groups is 1. The van der Waals surface area contributed by atoms with Crippen molar-refractivity contribution < 1.29 is 5.11 Å². The van der Waals surface area contributed by atoms with E-state index in [9.17, 15) is 5.11 Å². The van der Waals surface area contributed by atoms with E-state index in [2.05, 4.69) is 15.2 Å². The van der Waals surface area contributed by atoms with Gasteiger partial charge in [-0.3, -0.25) is 4.99 Å². The van der Waals surface area contributed by atoms with E-state index in [4.69, 9.17) is 23.2 Å². The van der Waals surface area contributed by atoms with Gasteiger partial charge in [0.1, 0.15) is 5.69 Å². The number of phenolic OH excluding ortho intramolecular Hbond substituents is 1. The first-order valence-corrected chi connectivity index (χ1v) is 10.4. The summed E-state index contributed by atoms with van der Waals surface area (Å²) in [6, 6.07) is 20.5. The molecule has 31 heavy (non-hydrogen) atoms. The lowest BCUT2D eigenvalue weighted by Gasteiger charge is -2.08. The zero-order chi connectivity index (χ0) is 22.0. The molecule has 0 saturated heterocycles. The highest BCUT2D eigenvalue weighted by atomic mass is 35.5. The van der Waals surface area contributed by atoms with Crippen LogP contribution in [0.4, 0.5) is 17.1 Å². The Kier molecular flexibility index (Phi) is 6.03. The predicted molar refractivity (Wildman–Crippen MR) is 129 cm³/mol. The van der Waals surface area contributed by atoms with E-state index in [1.54, 1.807) is 30.5 Å². The van der Waals surface area contributed by atoms with Crippen molar-refractivity contribution in [3.63, 3.8) is 0 Å². The van der Waals surface area contributed by atoms with E-state index in [1.807, 2.05) is 56.3 Å². The number of hydrogen-bond acceptors (Lipinski definition) is 4. The van der Waals surface area contributed by atoms with E-state index >= 15 is 0 Å². The Morgan fingerprint density at radius 3 is 2.39 bits per heavy atom. The highest BCUT2D eigenvalue weighted by Gasteiger charge is 2.12. The maximum Gasteiger partial charge on any atom is 0.152 e. The van der Waals surface area contributed by atoms with Crippen LogP contribution in [0.3, 0.4) is 0 Å². The van der Waals surface area contributed by atoms with Gasteiger partial charge in [0.05, 0.1) is 16.4 Å². The molecule has 0 radical (unpaired) electrons. The maximum atomic E-state index is 11.0. The minimum atomic E-state index is -0.00545. The van der Waals surface area contributed by atoms with Gasteiger partial charge in [0.2, 0.25) is 0 Å². The Balaban J connectivity index is 1.81. The number of aromatic hydroxyl groups is 1. The van der Waals surface area contributed by atoms with Gasteiger partial charge in [-0.15, -0.1) is 5.11 Å². The van der Waals surface area contributed by atoms with Crippen LogP contribution in [0.2, 0.25) is 10.0 Å². The fourth-order valence-electron chi connectivity index (χ4n) is 3.30. The largest absolute Gasteiger partial charge is 0.505 e. The summed E-state index contributed by atoms with van der Waals surface area (Å²) in [4.78, 5) is 4.46. The van der Waals surface area contributed by atoms with Crippen molar-refractivity contribution in [3.8, 4) is 5.75 Å². The number of halogens is 2. The summed E-state index contributed by atoms with van der Waals surface area (Å²) in [5.74, 6) is -0.00545. The second kappa shape index (κ2) is 8.88. The summed E-state index contributed by atoms with van der Waals surface area (Å²) >= 11 is 12.3. The molecule has 154 valence electrons. The molecule has 0 heterocycles. The molecule has 1 N–H and O–H groups in total. The fourth-order valence-corrected chi connectivity index (χ4v) is 3.63. The summed E-state index contributed by atoms with van der Waals surface area (Å²) in [6.45, 7) is 4.01. The summed E-state index contributed by atoms with van der Waals surface area (Å²) in [5, 5.41) is 22.4. The quantitative estimate of drug-likeness (QED) is 0.247. The molecule has 0 aliphatic carbocycles. The van der Waals surface area contributed by atoms with Gasteiger partial charge in [-0.05, 0) is 60.5 Å². The molecule has 6 heteroatoms. The van der Waals surface area contributed by atoms with Gasteiger partial charge >= 0.3 is 0 Å². The minimum Gasteiger partial charge on any atom is -0.505 e. The van der Waals surface area contributed by atoms with Crippen LogP contribution < -0.4 is 0 Å². The van der Waals surface area contributed by atoms with Crippen molar-refractivity contribution >= 4 is 57.3 Å². The Bertz CT molecular complexity index is 1350. The van der Waals surface area contributed by atoms with Crippen LogP contribution in [0.25, 0.3) is 10.8 Å². The topological polar surface area (TPSA) is 57.3 Å². The van der Waals surface area contributed by atoms with E-state index in [-0.39, 0.29) is 5.75 Å². The molecule has 4 nitrogen and oxygen atoms in total. The number of aryl methyl sites for hydroxylation is 2.